The first-order chi connectivity index (χ1) is 8.90. The maximum absolute atomic E-state index is 12.9. The Kier molecular flexibility index (Phi) is 3.86. The molecule has 0 saturated heterocycles. The van der Waals surface area contributed by atoms with Gasteiger partial charge >= 0.3 is 6.18 Å². The van der Waals surface area contributed by atoms with Crippen molar-refractivity contribution in [3.8, 4) is 0 Å². The molecule has 0 radical (unpaired) electrons. The number of benzene rings is 1. The second-order valence-corrected chi connectivity index (χ2v) is 4.60. The standard InChI is InChI=1S/C11H12ClF3N4/c12-6-1-4-9(8(5-6)11(13,14)15)18-10(19-16)17-7-2-3-7/h1,4-5,7H,2-3,16H2,(H2,17,18,19). The molecule has 19 heavy (non-hydrogen) atoms. The number of guanidine groups is 1. The van der Waals surface area contributed by atoms with E-state index >= 15 is 0 Å². The predicted molar refractivity (Wildman–Crippen MR) is 67.9 cm³/mol. The fourth-order valence-electron chi connectivity index (χ4n) is 1.48. The zero-order valence-corrected chi connectivity index (χ0v) is 10.5. The monoisotopic (exact) mass is 292 g/mol. The van der Waals surface area contributed by atoms with Crippen LogP contribution in [0.3, 0.4) is 0 Å². The molecular weight excluding hydrogens is 281 g/mol. The molecule has 0 aromatic heterocycles. The number of hydrogen-bond acceptors (Lipinski definition) is 2. The Hall–Kier alpha value is -1.47. The number of hydrogen-bond donors (Lipinski definition) is 3. The fraction of sp³-hybridized carbons (Fsp3) is 0.364. The first-order valence-corrected chi connectivity index (χ1v) is 5.96. The Balaban J connectivity index is 2.28. The van der Waals surface area contributed by atoms with Gasteiger partial charge in [-0.1, -0.05) is 11.6 Å². The van der Waals surface area contributed by atoms with E-state index in [1.165, 1.54) is 12.1 Å². The number of nitrogens with two attached hydrogens (primary N) is 1. The van der Waals surface area contributed by atoms with Crippen LogP contribution in [0.15, 0.2) is 23.2 Å². The van der Waals surface area contributed by atoms with Crippen LogP contribution in [0.25, 0.3) is 0 Å². The molecule has 0 amide bonds. The minimum atomic E-state index is -4.51. The van der Waals surface area contributed by atoms with Crippen LogP contribution in [0.5, 0.6) is 0 Å². The molecule has 0 aliphatic heterocycles. The molecule has 1 aromatic carbocycles. The summed E-state index contributed by atoms with van der Waals surface area (Å²) in [5, 5.41) is 2.55. The first kappa shape index (κ1) is 14.0. The number of alkyl halides is 3. The Morgan fingerprint density at radius 2 is 2.05 bits per heavy atom. The van der Waals surface area contributed by atoms with Crippen molar-refractivity contribution >= 4 is 23.2 Å². The van der Waals surface area contributed by atoms with E-state index < -0.39 is 11.7 Å². The highest BCUT2D eigenvalue weighted by molar-refractivity contribution is 6.30. The van der Waals surface area contributed by atoms with Crippen molar-refractivity contribution in [1.29, 1.82) is 0 Å². The molecule has 0 atom stereocenters. The van der Waals surface area contributed by atoms with Gasteiger partial charge in [0.05, 0.1) is 17.3 Å². The van der Waals surface area contributed by atoms with Gasteiger partial charge in [0.15, 0.2) is 0 Å². The molecule has 8 heteroatoms. The third-order valence-corrected chi connectivity index (χ3v) is 2.77. The van der Waals surface area contributed by atoms with Crippen molar-refractivity contribution < 1.29 is 13.2 Å². The first-order valence-electron chi connectivity index (χ1n) is 5.58. The molecule has 0 heterocycles. The molecule has 4 N–H and O–H groups in total. The topological polar surface area (TPSA) is 62.4 Å². The summed E-state index contributed by atoms with van der Waals surface area (Å²) in [5.41, 5.74) is 1.25. The number of nitrogens with one attached hydrogen (secondary N) is 2. The SMILES string of the molecule is NNC(=NC1CC1)Nc1ccc(Cl)cc1C(F)(F)F. The maximum atomic E-state index is 12.9. The summed E-state index contributed by atoms with van der Waals surface area (Å²) in [6, 6.07) is 3.59. The fourth-order valence-corrected chi connectivity index (χ4v) is 1.65. The lowest BCUT2D eigenvalue weighted by atomic mass is 10.1. The van der Waals surface area contributed by atoms with Crippen LogP contribution in [0, 0.1) is 0 Å². The van der Waals surface area contributed by atoms with E-state index in [2.05, 4.69) is 15.7 Å². The van der Waals surface area contributed by atoms with Crippen LogP contribution in [-0.4, -0.2) is 12.0 Å². The van der Waals surface area contributed by atoms with E-state index in [1.807, 2.05) is 0 Å². The molecule has 0 spiro atoms. The number of nitrogens with zero attached hydrogens (tertiary/aromatic N) is 1. The van der Waals surface area contributed by atoms with Crippen LogP contribution in [0.4, 0.5) is 18.9 Å². The molecule has 2 rings (SSSR count). The lowest BCUT2D eigenvalue weighted by Crippen LogP contribution is -2.37. The lowest BCUT2D eigenvalue weighted by Gasteiger charge is -2.15. The van der Waals surface area contributed by atoms with Crippen molar-refractivity contribution in [2.75, 3.05) is 5.32 Å². The van der Waals surface area contributed by atoms with Crippen LogP contribution >= 0.6 is 11.6 Å². The van der Waals surface area contributed by atoms with Crippen molar-refractivity contribution in [3.63, 3.8) is 0 Å². The lowest BCUT2D eigenvalue weighted by molar-refractivity contribution is -0.136. The molecular formula is C11H12ClF3N4. The number of hydrazine groups is 1. The van der Waals surface area contributed by atoms with Gasteiger partial charge in [0.2, 0.25) is 5.96 Å². The summed E-state index contributed by atoms with van der Waals surface area (Å²) in [7, 11) is 0. The van der Waals surface area contributed by atoms with Gasteiger partial charge in [-0.15, -0.1) is 0 Å². The highest BCUT2D eigenvalue weighted by Gasteiger charge is 2.34. The van der Waals surface area contributed by atoms with Crippen LogP contribution in [0.1, 0.15) is 18.4 Å². The van der Waals surface area contributed by atoms with Crippen LogP contribution in [0.2, 0.25) is 5.02 Å². The molecule has 0 unspecified atom stereocenters. The minimum absolute atomic E-state index is 0.0132. The summed E-state index contributed by atoms with van der Waals surface area (Å²) in [6.07, 6.45) is -2.67. The third kappa shape index (κ3) is 3.74. The Bertz CT molecular complexity index is 497. The zero-order chi connectivity index (χ0) is 14.0. The Morgan fingerprint density at radius 3 is 2.58 bits per heavy atom. The van der Waals surface area contributed by atoms with Gasteiger partial charge in [0.25, 0.3) is 0 Å². The van der Waals surface area contributed by atoms with Gasteiger partial charge in [0.1, 0.15) is 0 Å². The van der Waals surface area contributed by atoms with Crippen molar-refractivity contribution in [2.45, 2.75) is 25.1 Å². The minimum Gasteiger partial charge on any atom is -0.325 e. The normalized spacial score (nSPS) is 16.4. The second kappa shape index (κ2) is 5.26. The predicted octanol–water partition coefficient (Wildman–Crippen LogP) is 2.75. The van der Waals surface area contributed by atoms with E-state index in [9.17, 15) is 13.2 Å². The van der Waals surface area contributed by atoms with Crippen molar-refractivity contribution in [1.82, 2.24) is 5.43 Å². The zero-order valence-electron chi connectivity index (χ0n) is 9.76. The summed E-state index contributed by atoms with van der Waals surface area (Å²) in [6.45, 7) is 0. The van der Waals surface area contributed by atoms with Gasteiger partial charge < -0.3 is 5.32 Å². The Morgan fingerprint density at radius 1 is 1.37 bits per heavy atom. The average molecular weight is 293 g/mol. The van der Waals surface area contributed by atoms with Crippen LogP contribution < -0.4 is 16.6 Å². The summed E-state index contributed by atoms with van der Waals surface area (Å²) in [5.74, 6) is 5.34. The second-order valence-electron chi connectivity index (χ2n) is 4.17. The van der Waals surface area contributed by atoms with E-state index in [0.717, 1.165) is 18.9 Å². The molecule has 1 aliphatic rings. The van der Waals surface area contributed by atoms with Gasteiger partial charge in [-0.25, -0.2) is 10.8 Å². The number of rotatable bonds is 2. The highest BCUT2D eigenvalue weighted by Crippen LogP contribution is 2.36. The molecule has 0 bridgehead atoms. The molecule has 1 aromatic rings. The van der Waals surface area contributed by atoms with Gasteiger partial charge in [-0.2, -0.15) is 13.2 Å². The van der Waals surface area contributed by atoms with Gasteiger partial charge in [0, 0.05) is 5.02 Å². The summed E-state index contributed by atoms with van der Waals surface area (Å²) >= 11 is 5.59. The number of halogens is 4. The van der Waals surface area contributed by atoms with E-state index in [-0.39, 0.29) is 22.7 Å². The highest BCUT2D eigenvalue weighted by atomic mass is 35.5. The third-order valence-electron chi connectivity index (χ3n) is 2.54. The number of anilines is 1. The van der Waals surface area contributed by atoms with Crippen LogP contribution in [-0.2, 0) is 6.18 Å². The Labute approximate surface area is 112 Å². The van der Waals surface area contributed by atoms with E-state index in [1.54, 1.807) is 0 Å². The summed E-state index contributed by atoms with van der Waals surface area (Å²) in [4.78, 5) is 4.12. The smallest absolute Gasteiger partial charge is 0.325 e. The number of aliphatic imine (C=N–C) groups is 1. The molecule has 1 fully saturated rings. The molecule has 104 valence electrons. The van der Waals surface area contributed by atoms with Gasteiger partial charge in [-0.3, -0.25) is 5.43 Å². The molecule has 4 nitrogen and oxygen atoms in total. The molecule has 1 aliphatic carbocycles. The quantitative estimate of drug-likeness (QED) is 0.340. The summed E-state index contributed by atoms with van der Waals surface area (Å²) < 4.78 is 38.6. The maximum Gasteiger partial charge on any atom is 0.418 e. The molecule has 1 saturated carbocycles. The van der Waals surface area contributed by atoms with Crippen molar-refractivity contribution in [2.24, 2.45) is 10.8 Å². The van der Waals surface area contributed by atoms with Gasteiger partial charge in [-0.05, 0) is 31.0 Å². The van der Waals surface area contributed by atoms with E-state index in [0.29, 0.717) is 0 Å². The van der Waals surface area contributed by atoms with Crippen molar-refractivity contribution in [3.05, 3.63) is 28.8 Å². The average Bonchev–Trinajstić information content (AvgIpc) is 3.13. The largest absolute Gasteiger partial charge is 0.418 e. The van der Waals surface area contributed by atoms with E-state index in [4.69, 9.17) is 17.4 Å².